The number of carbonyl (C=O) groups excluding carboxylic acids is 2. The van der Waals surface area contributed by atoms with E-state index in [0.717, 1.165) is 31.0 Å². The lowest BCUT2D eigenvalue weighted by atomic mass is 9.72. The number of aromatic nitrogens is 2. The van der Waals surface area contributed by atoms with Gasteiger partial charge in [-0.05, 0) is 91.8 Å². The van der Waals surface area contributed by atoms with Gasteiger partial charge in [-0.2, -0.15) is 0 Å². The molecule has 2 amide bonds. The van der Waals surface area contributed by atoms with E-state index in [9.17, 15) is 18.4 Å². The number of morpholine rings is 1. The van der Waals surface area contributed by atoms with Crippen molar-refractivity contribution >= 4 is 23.4 Å². The lowest BCUT2D eigenvalue weighted by Gasteiger charge is -2.42. The van der Waals surface area contributed by atoms with Gasteiger partial charge in [0.15, 0.2) is 0 Å². The first kappa shape index (κ1) is 34.8. The van der Waals surface area contributed by atoms with Crippen LogP contribution in [-0.2, 0) is 32.6 Å². The number of benzene rings is 2. The van der Waals surface area contributed by atoms with Gasteiger partial charge in [0, 0.05) is 36.6 Å². The van der Waals surface area contributed by atoms with Crippen LogP contribution in [0.1, 0.15) is 42.4 Å². The zero-order valence-corrected chi connectivity index (χ0v) is 27.3. The molecule has 3 heterocycles. The van der Waals surface area contributed by atoms with E-state index in [-0.39, 0.29) is 31.6 Å². The van der Waals surface area contributed by atoms with Crippen LogP contribution in [0.2, 0.25) is 0 Å². The molecular formula is C37H39F3N6O4. The number of carbonyl (C=O) groups is 2. The maximum absolute atomic E-state index is 15.2. The Labute approximate surface area is 288 Å². The number of alkyl carbamates (subject to hydrolysis) is 1. The molecule has 2 aromatic heterocycles. The molecule has 13 heteroatoms. The van der Waals surface area contributed by atoms with E-state index in [2.05, 4.69) is 31.2 Å². The van der Waals surface area contributed by atoms with Crippen molar-refractivity contribution in [2.75, 3.05) is 30.4 Å². The predicted octanol–water partition coefficient (Wildman–Crippen LogP) is 5.65. The van der Waals surface area contributed by atoms with E-state index in [0.29, 0.717) is 42.1 Å². The number of amides is 2. The Morgan fingerprint density at radius 3 is 2.34 bits per heavy atom. The summed E-state index contributed by atoms with van der Waals surface area (Å²) in [5.41, 5.74) is 2.33. The Morgan fingerprint density at radius 1 is 0.960 bits per heavy atom. The highest BCUT2D eigenvalue weighted by atomic mass is 19.1. The van der Waals surface area contributed by atoms with Gasteiger partial charge in [-0.15, -0.1) is 0 Å². The van der Waals surface area contributed by atoms with Gasteiger partial charge in [0.25, 0.3) is 0 Å². The van der Waals surface area contributed by atoms with Crippen molar-refractivity contribution in [2.45, 2.75) is 62.3 Å². The molecule has 3 atom stereocenters. The second kappa shape index (κ2) is 16.1. The first-order valence-corrected chi connectivity index (χ1v) is 16.7. The molecule has 262 valence electrons. The third kappa shape index (κ3) is 8.96. The van der Waals surface area contributed by atoms with Gasteiger partial charge < -0.3 is 30.7 Å². The van der Waals surface area contributed by atoms with Crippen LogP contribution in [-0.4, -0.2) is 59.9 Å². The molecule has 2 aromatic carbocycles. The zero-order valence-electron chi connectivity index (χ0n) is 27.3. The summed E-state index contributed by atoms with van der Waals surface area (Å²) in [7, 11) is 0. The molecule has 50 heavy (non-hydrogen) atoms. The molecule has 1 aliphatic heterocycles. The van der Waals surface area contributed by atoms with E-state index in [1.165, 1.54) is 42.6 Å². The van der Waals surface area contributed by atoms with Crippen molar-refractivity contribution in [3.63, 3.8) is 0 Å². The molecule has 0 bridgehead atoms. The molecule has 2 aliphatic rings. The number of rotatable bonds is 13. The second-order valence-electron chi connectivity index (χ2n) is 12.7. The summed E-state index contributed by atoms with van der Waals surface area (Å²) in [6.45, 7) is 0.910. The number of pyridine rings is 2. The monoisotopic (exact) mass is 688 g/mol. The van der Waals surface area contributed by atoms with Gasteiger partial charge in [-0.3, -0.25) is 14.8 Å². The van der Waals surface area contributed by atoms with Gasteiger partial charge in [-0.1, -0.05) is 12.1 Å². The van der Waals surface area contributed by atoms with Crippen LogP contribution < -0.4 is 21.3 Å². The van der Waals surface area contributed by atoms with Crippen molar-refractivity contribution < 1.29 is 32.2 Å². The van der Waals surface area contributed by atoms with E-state index in [1.54, 1.807) is 24.5 Å². The maximum atomic E-state index is 15.2. The molecular weight excluding hydrogens is 649 g/mol. The lowest BCUT2D eigenvalue weighted by molar-refractivity contribution is -0.116. The maximum Gasteiger partial charge on any atom is 0.407 e. The number of nitrogens with one attached hydrogen (secondary N) is 4. The fraction of sp³-hybridized carbons (Fsp3) is 0.351. The molecule has 4 N–H and O–H groups in total. The minimum Gasteiger partial charge on any atom is -0.448 e. The Kier molecular flexibility index (Phi) is 11.2. The number of ether oxygens (including phenoxy) is 2. The van der Waals surface area contributed by atoms with Gasteiger partial charge in [-0.25, -0.2) is 18.0 Å². The van der Waals surface area contributed by atoms with Crippen LogP contribution in [0.5, 0.6) is 0 Å². The third-order valence-electron chi connectivity index (χ3n) is 9.20. The quantitative estimate of drug-likeness (QED) is 0.142. The largest absolute Gasteiger partial charge is 0.448 e. The Bertz CT molecular complexity index is 1730. The summed E-state index contributed by atoms with van der Waals surface area (Å²) in [6.07, 6.45) is 8.90. The first-order valence-electron chi connectivity index (χ1n) is 16.7. The van der Waals surface area contributed by atoms with Crippen molar-refractivity contribution in [2.24, 2.45) is 0 Å². The van der Waals surface area contributed by atoms with E-state index in [1.807, 2.05) is 12.1 Å². The summed E-state index contributed by atoms with van der Waals surface area (Å²) < 4.78 is 53.8. The predicted molar refractivity (Wildman–Crippen MR) is 181 cm³/mol. The van der Waals surface area contributed by atoms with E-state index in [4.69, 9.17) is 9.47 Å². The van der Waals surface area contributed by atoms with Crippen LogP contribution >= 0.6 is 0 Å². The van der Waals surface area contributed by atoms with Crippen molar-refractivity contribution in [3.05, 3.63) is 120 Å². The lowest BCUT2D eigenvalue weighted by Crippen LogP contribution is -2.53. The fourth-order valence-electron chi connectivity index (χ4n) is 6.22. The number of halogens is 3. The molecule has 1 saturated heterocycles. The van der Waals surface area contributed by atoms with Gasteiger partial charge in [0.1, 0.15) is 30.1 Å². The Morgan fingerprint density at radius 2 is 1.68 bits per heavy atom. The van der Waals surface area contributed by atoms with Crippen LogP contribution in [0.25, 0.3) is 0 Å². The molecule has 0 spiro atoms. The smallest absolute Gasteiger partial charge is 0.407 e. The number of hydrogen-bond acceptors (Lipinski definition) is 8. The van der Waals surface area contributed by atoms with Crippen LogP contribution in [0.4, 0.5) is 29.3 Å². The van der Waals surface area contributed by atoms with Gasteiger partial charge >= 0.3 is 6.09 Å². The average Bonchev–Trinajstić information content (AvgIpc) is 3.11. The minimum atomic E-state index is -0.901. The second-order valence-corrected chi connectivity index (χ2v) is 12.7. The third-order valence-corrected chi connectivity index (χ3v) is 9.20. The highest BCUT2D eigenvalue weighted by Gasteiger charge is 2.40. The average molecular weight is 689 g/mol. The van der Waals surface area contributed by atoms with Crippen molar-refractivity contribution in [3.8, 4) is 0 Å². The Hall–Kier alpha value is -5.01. The van der Waals surface area contributed by atoms with Crippen LogP contribution in [0.15, 0.2) is 85.5 Å². The van der Waals surface area contributed by atoms with E-state index >= 15 is 4.39 Å². The molecule has 0 radical (unpaired) electrons. The SMILES string of the molecule is O=C(NC1(c2ccncc2)CCC1)OC[C@@H]1CO[C@H](CCc2c(F)cncc2N[C@@H](Cc2ccc(F)cc2)C(=O)Nc2ccc(F)cc2)CN1. The summed E-state index contributed by atoms with van der Waals surface area (Å²) in [5, 5.41) is 12.3. The highest BCUT2D eigenvalue weighted by Crippen LogP contribution is 2.41. The van der Waals surface area contributed by atoms with Crippen molar-refractivity contribution in [1.82, 2.24) is 20.6 Å². The van der Waals surface area contributed by atoms with Crippen LogP contribution in [0.3, 0.4) is 0 Å². The topological polar surface area (TPSA) is 126 Å². The number of nitrogens with zero attached hydrogens (tertiary/aromatic N) is 2. The van der Waals surface area contributed by atoms with Gasteiger partial charge in [0.05, 0.1) is 42.4 Å². The number of hydrogen-bond donors (Lipinski definition) is 4. The molecule has 1 saturated carbocycles. The fourth-order valence-corrected chi connectivity index (χ4v) is 6.22. The zero-order chi connectivity index (χ0) is 34.9. The highest BCUT2D eigenvalue weighted by molar-refractivity contribution is 5.96. The summed E-state index contributed by atoms with van der Waals surface area (Å²) in [5.74, 6) is -1.83. The van der Waals surface area contributed by atoms with Crippen molar-refractivity contribution in [1.29, 1.82) is 0 Å². The molecule has 10 nitrogen and oxygen atoms in total. The molecule has 2 fully saturated rings. The summed E-state index contributed by atoms with van der Waals surface area (Å²) in [4.78, 5) is 34.2. The van der Waals surface area contributed by atoms with Gasteiger partial charge in [0.2, 0.25) is 5.91 Å². The molecule has 1 aliphatic carbocycles. The van der Waals surface area contributed by atoms with E-state index < -0.39 is 41.0 Å². The first-order chi connectivity index (χ1) is 24.3. The Balaban J connectivity index is 1.02. The molecule has 0 unspecified atom stereocenters. The molecule has 6 rings (SSSR count). The number of anilines is 2. The minimum absolute atomic E-state index is 0.132. The summed E-state index contributed by atoms with van der Waals surface area (Å²) in [6, 6.07) is 13.8. The normalized spacial score (nSPS) is 18.7. The summed E-state index contributed by atoms with van der Waals surface area (Å²) >= 11 is 0. The standard InChI is InChI=1S/C37H39F3N6O4/c38-26-4-2-24(3-5-26)18-33(35(47)44-28-8-6-27(39)7-9-28)45-34-21-42-20-32(40)31(34)11-10-30-19-43-29(22-49-30)23-50-36(48)46-37(14-1-15-37)25-12-16-41-17-13-25/h2-9,12-13,16-17,20-21,29-30,33,43,45H,1,10-11,14-15,18-19,22-23H2,(H,44,47)(H,46,48)/t29-,30+,33-/m0/s1. The van der Waals surface area contributed by atoms with Crippen LogP contribution in [0, 0.1) is 17.5 Å². The molecule has 4 aromatic rings.